The number of likely N-dealkylation sites (N-methyl/N-ethyl adjacent to an activating group) is 1. The van der Waals surface area contributed by atoms with Crippen molar-refractivity contribution in [3.8, 4) is 0 Å². The van der Waals surface area contributed by atoms with Gasteiger partial charge in [-0.1, -0.05) is 17.7 Å². The zero-order valence-corrected chi connectivity index (χ0v) is 12.9. The Hall–Kier alpha value is -1.65. The van der Waals surface area contributed by atoms with Crippen LogP contribution >= 0.6 is 11.3 Å². The zero-order valence-electron chi connectivity index (χ0n) is 12.1. The van der Waals surface area contributed by atoms with Gasteiger partial charge in [0.2, 0.25) is 0 Å². The second-order valence-electron chi connectivity index (χ2n) is 5.12. The molecule has 0 fully saturated rings. The summed E-state index contributed by atoms with van der Waals surface area (Å²) in [5.74, 6) is -0.0178. The van der Waals surface area contributed by atoms with Gasteiger partial charge in [-0.15, -0.1) is 0 Å². The largest absolute Gasteiger partial charge is 0.350 e. The molecule has 4 heteroatoms. The smallest absolute Gasteiger partial charge is 0.251 e. The Morgan fingerprint density at radius 2 is 2.15 bits per heavy atom. The summed E-state index contributed by atoms with van der Waals surface area (Å²) >= 11 is 1.68. The molecule has 3 nitrogen and oxygen atoms in total. The van der Waals surface area contributed by atoms with E-state index in [4.69, 9.17) is 0 Å². The molecule has 1 N–H and O–H groups in total. The normalized spacial score (nSPS) is 12.4. The van der Waals surface area contributed by atoms with Gasteiger partial charge in [-0.25, -0.2) is 0 Å². The zero-order chi connectivity index (χ0) is 14.5. The van der Waals surface area contributed by atoms with Crippen molar-refractivity contribution in [1.82, 2.24) is 10.2 Å². The number of amides is 1. The van der Waals surface area contributed by atoms with Crippen molar-refractivity contribution in [3.63, 3.8) is 0 Å². The van der Waals surface area contributed by atoms with E-state index < -0.39 is 0 Å². The van der Waals surface area contributed by atoms with Crippen LogP contribution in [-0.4, -0.2) is 31.4 Å². The van der Waals surface area contributed by atoms with E-state index in [0.717, 1.165) is 5.56 Å². The topological polar surface area (TPSA) is 32.3 Å². The summed E-state index contributed by atoms with van der Waals surface area (Å²) in [6, 6.07) is 9.96. The van der Waals surface area contributed by atoms with Gasteiger partial charge >= 0.3 is 0 Å². The number of carbonyl (C=O) groups is 1. The molecule has 0 saturated carbocycles. The third kappa shape index (κ3) is 3.68. The molecule has 2 rings (SSSR count). The minimum absolute atomic E-state index is 0.0178. The van der Waals surface area contributed by atoms with Crippen molar-refractivity contribution in [1.29, 1.82) is 0 Å². The third-order valence-electron chi connectivity index (χ3n) is 3.29. The van der Waals surface area contributed by atoms with Gasteiger partial charge in [-0.2, -0.15) is 11.3 Å². The van der Waals surface area contributed by atoms with Crippen LogP contribution in [0.3, 0.4) is 0 Å². The standard InChI is InChI=1S/C16H20N2OS/c1-12-5-4-6-13(9-12)16(19)17-10-15(18(2)3)14-7-8-20-11-14/h4-9,11,15H,10H2,1-3H3,(H,17,19)/t15-/m0/s1. The van der Waals surface area contributed by atoms with Gasteiger partial charge in [0.1, 0.15) is 0 Å². The van der Waals surface area contributed by atoms with Gasteiger partial charge in [0, 0.05) is 12.1 Å². The van der Waals surface area contributed by atoms with Crippen LogP contribution in [0.2, 0.25) is 0 Å². The van der Waals surface area contributed by atoms with Crippen LogP contribution in [0, 0.1) is 6.92 Å². The van der Waals surface area contributed by atoms with E-state index in [1.807, 2.05) is 45.3 Å². The molecule has 1 amide bonds. The first-order valence-electron chi connectivity index (χ1n) is 6.61. The van der Waals surface area contributed by atoms with E-state index in [-0.39, 0.29) is 11.9 Å². The molecule has 1 aromatic carbocycles. The first kappa shape index (κ1) is 14.8. The average molecular weight is 288 g/mol. The molecule has 0 bridgehead atoms. The molecule has 0 aliphatic rings. The molecule has 0 aliphatic heterocycles. The highest BCUT2D eigenvalue weighted by molar-refractivity contribution is 7.07. The van der Waals surface area contributed by atoms with Gasteiger partial charge in [0.15, 0.2) is 0 Å². The van der Waals surface area contributed by atoms with Crippen molar-refractivity contribution < 1.29 is 4.79 Å². The lowest BCUT2D eigenvalue weighted by Crippen LogP contribution is -2.34. The van der Waals surface area contributed by atoms with Crippen molar-refractivity contribution in [2.45, 2.75) is 13.0 Å². The minimum Gasteiger partial charge on any atom is -0.350 e. The number of rotatable bonds is 5. The van der Waals surface area contributed by atoms with E-state index in [2.05, 4.69) is 27.0 Å². The number of thiophene rings is 1. The summed E-state index contributed by atoms with van der Waals surface area (Å²) in [5.41, 5.74) is 3.05. The first-order valence-corrected chi connectivity index (χ1v) is 7.55. The van der Waals surface area contributed by atoms with Crippen LogP contribution in [-0.2, 0) is 0 Å². The molecule has 1 aromatic heterocycles. The summed E-state index contributed by atoms with van der Waals surface area (Å²) in [5, 5.41) is 7.21. The molecule has 1 heterocycles. The lowest BCUT2D eigenvalue weighted by atomic mass is 10.1. The van der Waals surface area contributed by atoms with Gasteiger partial charge in [-0.3, -0.25) is 4.79 Å². The van der Waals surface area contributed by atoms with Crippen LogP contribution in [0.25, 0.3) is 0 Å². The van der Waals surface area contributed by atoms with E-state index in [0.29, 0.717) is 12.1 Å². The predicted octanol–water partition coefficient (Wildman–Crippen LogP) is 3.09. The molecular formula is C16H20N2OS. The summed E-state index contributed by atoms with van der Waals surface area (Å²) in [7, 11) is 4.06. The molecule has 0 radical (unpaired) electrons. The van der Waals surface area contributed by atoms with Crippen LogP contribution < -0.4 is 5.32 Å². The number of carbonyl (C=O) groups excluding carboxylic acids is 1. The van der Waals surface area contributed by atoms with Crippen LogP contribution in [0.5, 0.6) is 0 Å². The van der Waals surface area contributed by atoms with E-state index >= 15 is 0 Å². The Morgan fingerprint density at radius 1 is 1.35 bits per heavy atom. The van der Waals surface area contributed by atoms with Crippen molar-refractivity contribution >= 4 is 17.2 Å². The molecule has 106 valence electrons. The van der Waals surface area contributed by atoms with Gasteiger partial charge in [0.25, 0.3) is 5.91 Å². The Morgan fingerprint density at radius 3 is 2.75 bits per heavy atom. The molecule has 0 spiro atoms. The van der Waals surface area contributed by atoms with Crippen molar-refractivity contribution in [2.75, 3.05) is 20.6 Å². The van der Waals surface area contributed by atoms with Crippen LogP contribution in [0.4, 0.5) is 0 Å². The minimum atomic E-state index is -0.0178. The Balaban J connectivity index is 2.01. The first-order chi connectivity index (χ1) is 9.58. The highest BCUT2D eigenvalue weighted by atomic mass is 32.1. The quantitative estimate of drug-likeness (QED) is 0.917. The molecular weight excluding hydrogens is 268 g/mol. The SMILES string of the molecule is Cc1cccc(C(=O)NC[C@@H](c2ccsc2)N(C)C)c1. The van der Waals surface area contributed by atoms with Crippen molar-refractivity contribution in [2.24, 2.45) is 0 Å². The van der Waals surface area contributed by atoms with Gasteiger partial charge in [-0.05, 0) is 55.5 Å². The lowest BCUT2D eigenvalue weighted by molar-refractivity contribution is 0.0942. The van der Waals surface area contributed by atoms with Crippen molar-refractivity contribution in [3.05, 3.63) is 57.8 Å². The monoisotopic (exact) mass is 288 g/mol. The Labute approximate surface area is 124 Å². The van der Waals surface area contributed by atoms with E-state index in [1.54, 1.807) is 11.3 Å². The maximum Gasteiger partial charge on any atom is 0.251 e. The molecule has 0 aliphatic carbocycles. The molecule has 0 unspecified atom stereocenters. The Bertz CT molecular complexity index is 564. The predicted molar refractivity (Wildman–Crippen MR) is 84.3 cm³/mol. The van der Waals surface area contributed by atoms with Gasteiger partial charge < -0.3 is 10.2 Å². The number of hydrogen-bond acceptors (Lipinski definition) is 3. The fourth-order valence-corrected chi connectivity index (χ4v) is 2.85. The van der Waals surface area contributed by atoms with E-state index in [1.165, 1.54) is 5.56 Å². The maximum atomic E-state index is 12.2. The second kappa shape index (κ2) is 6.68. The number of benzene rings is 1. The second-order valence-corrected chi connectivity index (χ2v) is 5.90. The fourth-order valence-electron chi connectivity index (χ4n) is 2.14. The molecule has 1 atom stereocenters. The molecule has 2 aromatic rings. The third-order valence-corrected chi connectivity index (χ3v) is 3.99. The summed E-state index contributed by atoms with van der Waals surface area (Å²) in [6.45, 7) is 2.60. The highest BCUT2D eigenvalue weighted by Gasteiger charge is 2.16. The van der Waals surface area contributed by atoms with Crippen LogP contribution in [0.15, 0.2) is 41.1 Å². The van der Waals surface area contributed by atoms with Gasteiger partial charge in [0.05, 0.1) is 6.04 Å². The summed E-state index contributed by atoms with van der Waals surface area (Å²) in [4.78, 5) is 14.3. The summed E-state index contributed by atoms with van der Waals surface area (Å²) in [6.07, 6.45) is 0. The maximum absolute atomic E-state index is 12.2. The fraction of sp³-hybridized carbons (Fsp3) is 0.312. The number of nitrogens with zero attached hydrogens (tertiary/aromatic N) is 1. The Kier molecular flexibility index (Phi) is 4.93. The molecule has 20 heavy (non-hydrogen) atoms. The molecule has 0 saturated heterocycles. The average Bonchev–Trinajstić information content (AvgIpc) is 2.92. The van der Waals surface area contributed by atoms with E-state index in [9.17, 15) is 4.79 Å². The summed E-state index contributed by atoms with van der Waals surface area (Å²) < 4.78 is 0. The number of hydrogen-bond donors (Lipinski definition) is 1. The van der Waals surface area contributed by atoms with Crippen LogP contribution in [0.1, 0.15) is 27.5 Å². The number of nitrogens with one attached hydrogen (secondary N) is 1. The number of aryl methyl sites for hydroxylation is 1. The lowest BCUT2D eigenvalue weighted by Gasteiger charge is -2.24. The highest BCUT2D eigenvalue weighted by Crippen LogP contribution is 2.20.